The monoisotopic (exact) mass is 797 g/mol. The highest BCUT2D eigenvalue weighted by molar-refractivity contribution is 5.71. The van der Waals surface area contributed by atoms with Gasteiger partial charge in [0.15, 0.2) is 6.10 Å². The van der Waals surface area contributed by atoms with E-state index in [4.69, 9.17) is 14.2 Å². The van der Waals surface area contributed by atoms with Crippen molar-refractivity contribution in [3.8, 4) is 0 Å². The van der Waals surface area contributed by atoms with Crippen molar-refractivity contribution in [1.29, 1.82) is 0 Å². The van der Waals surface area contributed by atoms with E-state index in [0.29, 0.717) is 19.3 Å². The standard InChI is InChI=1S/C51H88O6/c1-4-7-10-13-15-17-19-20-21-22-23-24-25-26-27-28-29-30-32-33-35-38-41-44-50(53)56-47-48(46-55-49(52)43-40-37-12-9-6-3)57-51(54)45-42-39-36-34-31-18-16-14-11-8-5-2/h7,10,14-17,20-21,23-24,48H,4-6,8-9,11-13,18-19,22,25-47H2,1-3H3/b10-7-,16-14-,17-15-,21-20-,24-23-. The first-order valence-electron chi connectivity index (χ1n) is 23.8. The third-order valence-electron chi connectivity index (χ3n) is 10.0. The molecule has 0 heterocycles. The number of ether oxygens (including phenoxy) is 3. The Bertz CT molecular complexity index is 1050. The van der Waals surface area contributed by atoms with Crippen LogP contribution in [0.4, 0.5) is 0 Å². The maximum Gasteiger partial charge on any atom is 0.306 e. The van der Waals surface area contributed by atoms with Gasteiger partial charge in [-0.15, -0.1) is 0 Å². The number of rotatable bonds is 42. The number of allylic oxidation sites excluding steroid dienone is 10. The van der Waals surface area contributed by atoms with Gasteiger partial charge >= 0.3 is 17.9 Å². The number of hydrogen-bond donors (Lipinski definition) is 0. The van der Waals surface area contributed by atoms with E-state index in [-0.39, 0.29) is 31.1 Å². The van der Waals surface area contributed by atoms with Gasteiger partial charge in [0.25, 0.3) is 0 Å². The van der Waals surface area contributed by atoms with Gasteiger partial charge in [-0.2, -0.15) is 0 Å². The smallest absolute Gasteiger partial charge is 0.306 e. The summed E-state index contributed by atoms with van der Waals surface area (Å²) >= 11 is 0. The maximum absolute atomic E-state index is 12.6. The van der Waals surface area contributed by atoms with E-state index in [2.05, 4.69) is 81.5 Å². The molecular formula is C51H88O6. The predicted molar refractivity (Wildman–Crippen MR) is 242 cm³/mol. The number of unbranched alkanes of at least 4 members (excludes halogenated alkanes) is 21. The molecular weight excluding hydrogens is 709 g/mol. The lowest BCUT2D eigenvalue weighted by atomic mass is 10.1. The van der Waals surface area contributed by atoms with Crippen LogP contribution in [0.25, 0.3) is 0 Å². The summed E-state index contributed by atoms with van der Waals surface area (Å²) in [5.41, 5.74) is 0. The van der Waals surface area contributed by atoms with Gasteiger partial charge in [0.05, 0.1) is 0 Å². The third kappa shape index (κ3) is 44.1. The van der Waals surface area contributed by atoms with Crippen LogP contribution < -0.4 is 0 Å². The molecule has 0 saturated carbocycles. The summed E-state index contributed by atoms with van der Waals surface area (Å²) in [5.74, 6) is -0.909. The van der Waals surface area contributed by atoms with E-state index in [1.807, 2.05) is 0 Å². The summed E-state index contributed by atoms with van der Waals surface area (Å²) in [5, 5.41) is 0. The van der Waals surface area contributed by atoms with Crippen LogP contribution in [0.1, 0.15) is 226 Å². The molecule has 0 aliphatic heterocycles. The molecule has 0 saturated heterocycles. The largest absolute Gasteiger partial charge is 0.462 e. The fraction of sp³-hybridized carbons (Fsp3) is 0.745. The molecule has 0 radical (unpaired) electrons. The molecule has 0 aromatic rings. The molecule has 6 nitrogen and oxygen atoms in total. The average Bonchev–Trinajstić information content (AvgIpc) is 3.21. The number of carbonyl (C=O) groups is 3. The van der Waals surface area contributed by atoms with Crippen LogP contribution in [0.15, 0.2) is 60.8 Å². The highest BCUT2D eigenvalue weighted by Crippen LogP contribution is 2.14. The minimum atomic E-state index is -0.773. The van der Waals surface area contributed by atoms with Crippen molar-refractivity contribution in [3.63, 3.8) is 0 Å². The minimum Gasteiger partial charge on any atom is -0.462 e. The second-order valence-corrected chi connectivity index (χ2v) is 15.6. The molecule has 328 valence electrons. The van der Waals surface area contributed by atoms with Gasteiger partial charge in [0, 0.05) is 19.3 Å². The van der Waals surface area contributed by atoms with Gasteiger partial charge in [0.1, 0.15) is 13.2 Å². The Labute approximate surface area is 351 Å². The SMILES string of the molecule is CC/C=C\C/C=C\C/C=C\C/C=C\CCCCCCCCCCCCC(=O)OCC(COC(=O)CCCCCCC)OC(=O)CCCCCCC/C=C\CCCC. The Morgan fingerprint density at radius 3 is 1.14 bits per heavy atom. The van der Waals surface area contributed by atoms with Crippen LogP contribution in [0.3, 0.4) is 0 Å². The molecule has 57 heavy (non-hydrogen) atoms. The second-order valence-electron chi connectivity index (χ2n) is 15.6. The molecule has 0 amide bonds. The van der Waals surface area contributed by atoms with Crippen LogP contribution in [-0.2, 0) is 28.6 Å². The lowest BCUT2D eigenvalue weighted by Gasteiger charge is -2.18. The first-order valence-corrected chi connectivity index (χ1v) is 23.8. The molecule has 0 bridgehead atoms. The van der Waals surface area contributed by atoms with Crippen molar-refractivity contribution < 1.29 is 28.6 Å². The fourth-order valence-corrected chi connectivity index (χ4v) is 6.41. The Kier molecular flexibility index (Phi) is 43.5. The van der Waals surface area contributed by atoms with Gasteiger partial charge in [-0.25, -0.2) is 0 Å². The Balaban J connectivity index is 4.11. The number of esters is 3. The van der Waals surface area contributed by atoms with Crippen LogP contribution in [0.5, 0.6) is 0 Å². The Morgan fingerprint density at radius 1 is 0.368 bits per heavy atom. The van der Waals surface area contributed by atoms with E-state index in [0.717, 1.165) is 103 Å². The molecule has 0 N–H and O–H groups in total. The summed E-state index contributed by atoms with van der Waals surface area (Å²) in [6.45, 7) is 6.38. The van der Waals surface area contributed by atoms with Crippen molar-refractivity contribution in [2.45, 2.75) is 232 Å². The van der Waals surface area contributed by atoms with Gasteiger partial charge in [0.2, 0.25) is 0 Å². The highest BCUT2D eigenvalue weighted by Gasteiger charge is 2.19. The van der Waals surface area contributed by atoms with Gasteiger partial charge in [-0.1, -0.05) is 191 Å². The van der Waals surface area contributed by atoms with Crippen molar-refractivity contribution >= 4 is 17.9 Å². The summed E-state index contributed by atoms with van der Waals surface area (Å²) in [6, 6.07) is 0. The van der Waals surface area contributed by atoms with Crippen LogP contribution in [-0.4, -0.2) is 37.2 Å². The molecule has 0 fully saturated rings. The third-order valence-corrected chi connectivity index (χ3v) is 10.0. The zero-order valence-electron chi connectivity index (χ0n) is 37.3. The van der Waals surface area contributed by atoms with Crippen LogP contribution in [0, 0.1) is 0 Å². The zero-order valence-corrected chi connectivity index (χ0v) is 37.3. The van der Waals surface area contributed by atoms with Gasteiger partial charge in [-0.3, -0.25) is 14.4 Å². The zero-order chi connectivity index (χ0) is 41.5. The number of carbonyl (C=O) groups excluding carboxylic acids is 3. The van der Waals surface area contributed by atoms with E-state index in [9.17, 15) is 14.4 Å². The molecule has 0 aliphatic rings. The van der Waals surface area contributed by atoms with E-state index in [1.54, 1.807) is 0 Å². The second kappa shape index (κ2) is 45.8. The van der Waals surface area contributed by atoms with E-state index >= 15 is 0 Å². The van der Waals surface area contributed by atoms with Crippen molar-refractivity contribution in [2.24, 2.45) is 0 Å². The van der Waals surface area contributed by atoms with Crippen molar-refractivity contribution in [3.05, 3.63) is 60.8 Å². The fourth-order valence-electron chi connectivity index (χ4n) is 6.41. The van der Waals surface area contributed by atoms with Gasteiger partial charge < -0.3 is 14.2 Å². The average molecular weight is 797 g/mol. The molecule has 1 unspecified atom stereocenters. The highest BCUT2D eigenvalue weighted by atomic mass is 16.6. The lowest BCUT2D eigenvalue weighted by Crippen LogP contribution is -2.30. The summed E-state index contributed by atoms with van der Waals surface area (Å²) < 4.78 is 16.6. The predicted octanol–water partition coefficient (Wildman–Crippen LogP) is 15.3. The molecule has 0 aromatic carbocycles. The van der Waals surface area contributed by atoms with Crippen LogP contribution >= 0.6 is 0 Å². The van der Waals surface area contributed by atoms with Crippen LogP contribution in [0.2, 0.25) is 0 Å². The normalized spacial score (nSPS) is 12.5. The summed E-state index contributed by atoms with van der Waals surface area (Å²) in [4.78, 5) is 37.5. The molecule has 1 atom stereocenters. The topological polar surface area (TPSA) is 78.9 Å². The molecule has 0 aromatic heterocycles. The maximum atomic E-state index is 12.6. The molecule has 6 heteroatoms. The van der Waals surface area contributed by atoms with Gasteiger partial charge in [-0.05, 0) is 77.0 Å². The molecule has 0 spiro atoms. The van der Waals surface area contributed by atoms with Crippen molar-refractivity contribution in [2.75, 3.05) is 13.2 Å². The van der Waals surface area contributed by atoms with Crippen molar-refractivity contribution in [1.82, 2.24) is 0 Å². The number of hydrogen-bond acceptors (Lipinski definition) is 6. The summed E-state index contributed by atoms with van der Waals surface area (Å²) in [6.07, 6.45) is 55.3. The minimum absolute atomic E-state index is 0.0795. The molecule has 0 aliphatic carbocycles. The quantitative estimate of drug-likeness (QED) is 0.0265. The lowest BCUT2D eigenvalue weighted by molar-refractivity contribution is -0.167. The van der Waals surface area contributed by atoms with E-state index in [1.165, 1.54) is 83.5 Å². The Hall–Kier alpha value is -2.89. The van der Waals surface area contributed by atoms with E-state index < -0.39 is 6.10 Å². The first-order chi connectivity index (χ1) is 28.0. The Morgan fingerprint density at radius 2 is 0.702 bits per heavy atom. The molecule has 0 rings (SSSR count). The first kappa shape index (κ1) is 54.1. The summed E-state index contributed by atoms with van der Waals surface area (Å²) in [7, 11) is 0.